The fraction of sp³-hybridized carbons (Fsp3) is 0.656. The molecular weight excluding hydrogens is 1090 g/mol. The Morgan fingerprint density at radius 1 is 0.694 bits per heavy atom. The summed E-state index contributed by atoms with van der Waals surface area (Å²) in [5, 5.41) is 26.2. The third-order valence-electron chi connectivity index (χ3n) is 15.4. The lowest BCUT2D eigenvalue weighted by molar-refractivity contribution is -0.139. The summed E-state index contributed by atoms with van der Waals surface area (Å²) in [6, 6.07) is 1.76. The highest BCUT2D eigenvalue weighted by molar-refractivity contribution is 6.01. The van der Waals surface area contributed by atoms with E-state index in [1.807, 2.05) is 84.8 Å². The molecule has 2 fully saturated rings. The minimum atomic E-state index is -1.68. The predicted octanol–water partition coefficient (Wildman–Crippen LogP) is 3.18. The maximum absolute atomic E-state index is 14.6. The van der Waals surface area contributed by atoms with Crippen molar-refractivity contribution in [1.82, 2.24) is 67.6 Å². The van der Waals surface area contributed by atoms with Crippen LogP contribution in [0.25, 0.3) is 10.9 Å². The minimum Gasteiger partial charge on any atom is -0.448 e. The number of fused-ring (bicyclic) bond motifs is 1. The van der Waals surface area contributed by atoms with Gasteiger partial charge in [0.2, 0.25) is 53.2 Å². The van der Waals surface area contributed by atoms with Crippen LogP contribution < -0.4 is 47.9 Å². The molecule has 10 N–H and O–H groups in total. The first-order chi connectivity index (χ1) is 39.6. The number of aromatic amines is 1. The Morgan fingerprint density at radius 2 is 1.24 bits per heavy atom. The highest BCUT2D eigenvalue weighted by Gasteiger charge is 2.43. The van der Waals surface area contributed by atoms with E-state index in [4.69, 9.17) is 4.42 Å². The standard InChI is InChI=1S/C61H95N13O11/c1-35(2)28-42(49(76)65-44(30-37(5)6)52(79)71-60(12,13)57(84)72-58(8,9)55(82)62-26-23-48(75)69-61(24-19-25-61)34-73(14)15)68-56(83)59(10,11)70-51(78)43(29-36(3)4)66-50(77)45(31-39-32-63-41-21-17-16-20-40(39)41)67-53(80)47-22-18-27-74(47)54(81)46-33-85-38(7)64-46/h16-17,20-21,32-33,35-37,42-45,47,63H,18-19,22-31,34H2,1-15H3,(H,62,82)(H,65,76)(H,66,77)(H,67,80)(H,68,83)(H,69,75)(H,70,78)(H,71,79)(H,72,84)/t42?,43?,44?,45?,47-/m0/s1. The lowest BCUT2D eigenvalue weighted by atomic mass is 9.76. The Labute approximate surface area is 500 Å². The number of likely N-dealkylation sites (N-methyl/N-ethyl adjacent to an activating group) is 1. The molecule has 4 unspecified atom stereocenters. The molecule has 5 rings (SSSR count). The zero-order valence-electron chi connectivity index (χ0n) is 52.6. The molecule has 24 nitrogen and oxygen atoms in total. The van der Waals surface area contributed by atoms with Gasteiger partial charge in [-0.15, -0.1) is 0 Å². The van der Waals surface area contributed by atoms with Crippen molar-refractivity contribution in [3.8, 4) is 0 Å². The van der Waals surface area contributed by atoms with Crippen LogP contribution in [-0.2, 0) is 49.6 Å². The van der Waals surface area contributed by atoms with E-state index < -0.39 is 100.0 Å². The average molecular weight is 1190 g/mol. The van der Waals surface area contributed by atoms with Gasteiger partial charge in [-0.05, 0) is 136 Å². The number of carbonyl (C=O) groups excluding carboxylic acids is 10. The van der Waals surface area contributed by atoms with Crippen molar-refractivity contribution in [2.75, 3.05) is 33.7 Å². The van der Waals surface area contributed by atoms with Gasteiger partial charge in [0.15, 0.2) is 11.6 Å². The van der Waals surface area contributed by atoms with Crippen LogP contribution in [0.5, 0.6) is 0 Å². The van der Waals surface area contributed by atoms with Crippen LogP contribution in [0.15, 0.2) is 41.1 Å². The number of likely N-dealkylation sites (tertiary alicyclic amines) is 1. The zero-order chi connectivity index (χ0) is 63.4. The predicted molar refractivity (Wildman–Crippen MR) is 321 cm³/mol. The smallest absolute Gasteiger partial charge is 0.276 e. The van der Waals surface area contributed by atoms with E-state index in [0.29, 0.717) is 18.7 Å². The van der Waals surface area contributed by atoms with Crippen molar-refractivity contribution >= 4 is 70.0 Å². The molecule has 5 atom stereocenters. The SMILES string of the molecule is Cc1nc(C(=O)N2CCC[C@H]2C(=O)NC(Cc2c[nH]c3ccccc23)C(=O)NC(CC(C)C)C(=O)NC(C)(C)C(=O)NC(CC(C)C)C(=O)NC(CC(C)C)C(=O)NC(C)(C)C(=O)NC(C)(C)C(=O)NCCC(=O)NC2(CN(C)C)CCC2)co1. The lowest BCUT2D eigenvalue weighted by Gasteiger charge is -2.44. The summed E-state index contributed by atoms with van der Waals surface area (Å²) in [5.74, 6) is -6.08. The monoisotopic (exact) mass is 1190 g/mol. The van der Waals surface area contributed by atoms with Gasteiger partial charge in [-0.25, -0.2) is 4.98 Å². The van der Waals surface area contributed by atoms with E-state index in [2.05, 4.69) is 57.8 Å². The number of nitrogens with one attached hydrogen (secondary N) is 10. The molecule has 1 aliphatic carbocycles. The summed E-state index contributed by atoms with van der Waals surface area (Å²) >= 11 is 0. The van der Waals surface area contributed by atoms with Gasteiger partial charge in [0, 0.05) is 56.5 Å². The van der Waals surface area contributed by atoms with Crippen LogP contribution in [0.2, 0.25) is 0 Å². The van der Waals surface area contributed by atoms with E-state index in [1.54, 1.807) is 13.1 Å². The van der Waals surface area contributed by atoms with E-state index in [9.17, 15) is 47.9 Å². The maximum atomic E-state index is 14.6. The second-order valence-corrected chi connectivity index (χ2v) is 26.3. The van der Waals surface area contributed by atoms with E-state index >= 15 is 0 Å². The summed E-state index contributed by atoms with van der Waals surface area (Å²) in [6.45, 7) is 22.6. The Hall–Kier alpha value is -7.37. The first kappa shape index (κ1) is 68.4. The normalized spacial score (nSPS) is 16.6. The molecule has 2 aromatic heterocycles. The number of oxazole rings is 1. The number of nitrogens with zero attached hydrogens (tertiary/aromatic N) is 3. The number of hydrogen-bond acceptors (Lipinski definition) is 13. The van der Waals surface area contributed by atoms with E-state index in [1.165, 1.54) is 52.7 Å². The molecule has 85 heavy (non-hydrogen) atoms. The van der Waals surface area contributed by atoms with Crippen molar-refractivity contribution in [2.45, 2.75) is 207 Å². The first-order valence-corrected chi connectivity index (χ1v) is 29.8. The molecule has 470 valence electrons. The highest BCUT2D eigenvalue weighted by Crippen LogP contribution is 2.32. The molecule has 0 bridgehead atoms. The van der Waals surface area contributed by atoms with Gasteiger partial charge >= 0.3 is 0 Å². The third-order valence-corrected chi connectivity index (χ3v) is 15.4. The summed E-state index contributed by atoms with van der Waals surface area (Å²) in [7, 11) is 3.91. The van der Waals surface area contributed by atoms with Crippen molar-refractivity contribution in [3.63, 3.8) is 0 Å². The minimum absolute atomic E-state index is 0.0157. The largest absolute Gasteiger partial charge is 0.448 e. The summed E-state index contributed by atoms with van der Waals surface area (Å²) < 4.78 is 5.26. The molecule has 1 saturated heterocycles. The second kappa shape index (κ2) is 29.1. The molecule has 3 aromatic rings. The molecule has 24 heteroatoms. The summed E-state index contributed by atoms with van der Waals surface area (Å²) in [5.41, 5.74) is -3.42. The molecular formula is C61H95N13O11. The maximum Gasteiger partial charge on any atom is 0.276 e. The van der Waals surface area contributed by atoms with Crippen LogP contribution in [0.1, 0.15) is 163 Å². The number of carbonyl (C=O) groups is 10. The van der Waals surface area contributed by atoms with Crippen LogP contribution in [0, 0.1) is 24.7 Å². The van der Waals surface area contributed by atoms with Crippen molar-refractivity contribution in [2.24, 2.45) is 17.8 Å². The topological polar surface area (TPSA) is 327 Å². The summed E-state index contributed by atoms with van der Waals surface area (Å²) in [4.78, 5) is 150. The van der Waals surface area contributed by atoms with E-state index in [0.717, 1.165) is 42.3 Å². The molecule has 1 aliphatic heterocycles. The lowest BCUT2D eigenvalue weighted by Crippen LogP contribution is -2.65. The van der Waals surface area contributed by atoms with Crippen LogP contribution in [0.4, 0.5) is 0 Å². The van der Waals surface area contributed by atoms with Crippen molar-refractivity contribution < 1.29 is 52.4 Å². The fourth-order valence-corrected chi connectivity index (χ4v) is 10.7. The Morgan fingerprint density at radius 3 is 1.76 bits per heavy atom. The molecule has 3 heterocycles. The van der Waals surface area contributed by atoms with Gasteiger partial charge in [-0.2, -0.15) is 0 Å². The number of amides is 10. The quantitative estimate of drug-likeness (QED) is 0.0459. The Bertz CT molecular complexity index is 2880. The van der Waals surface area contributed by atoms with Gasteiger partial charge in [0.1, 0.15) is 53.1 Å². The first-order valence-electron chi connectivity index (χ1n) is 29.8. The molecule has 0 spiro atoms. The summed E-state index contributed by atoms with van der Waals surface area (Å²) in [6.07, 6.45) is 7.13. The van der Waals surface area contributed by atoms with Crippen molar-refractivity contribution in [3.05, 3.63) is 53.9 Å². The Balaban J connectivity index is 1.24. The molecule has 1 aromatic carbocycles. The fourth-order valence-electron chi connectivity index (χ4n) is 10.7. The van der Waals surface area contributed by atoms with Gasteiger partial charge < -0.3 is 67.1 Å². The van der Waals surface area contributed by atoms with Crippen molar-refractivity contribution in [1.29, 1.82) is 0 Å². The van der Waals surface area contributed by atoms with Gasteiger partial charge in [-0.1, -0.05) is 59.7 Å². The van der Waals surface area contributed by atoms with Gasteiger partial charge in [0.05, 0.1) is 5.54 Å². The second-order valence-electron chi connectivity index (χ2n) is 26.3. The number of aromatic nitrogens is 2. The molecule has 1 saturated carbocycles. The average Bonchev–Trinajstić information content (AvgIpc) is 4.40. The van der Waals surface area contributed by atoms with Crippen LogP contribution in [0.3, 0.4) is 0 Å². The zero-order valence-corrected chi connectivity index (χ0v) is 52.6. The van der Waals surface area contributed by atoms with Crippen LogP contribution in [-0.4, -0.2) is 165 Å². The number of H-pyrrole nitrogens is 1. The number of aryl methyl sites for hydroxylation is 1. The number of benzene rings is 1. The molecule has 10 amide bonds. The highest BCUT2D eigenvalue weighted by atomic mass is 16.3. The molecule has 0 radical (unpaired) electrons. The number of hydrogen-bond donors (Lipinski definition) is 10. The third kappa shape index (κ3) is 19.3. The van der Waals surface area contributed by atoms with Gasteiger partial charge in [0.25, 0.3) is 5.91 Å². The number of rotatable bonds is 30. The molecule has 2 aliphatic rings. The van der Waals surface area contributed by atoms with Gasteiger partial charge in [-0.3, -0.25) is 47.9 Å². The number of para-hydroxylation sites is 1. The van der Waals surface area contributed by atoms with E-state index in [-0.39, 0.29) is 80.1 Å². The van der Waals surface area contributed by atoms with Crippen LogP contribution >= 0.6 is 0 Å². The Kier molecular flexibility index (Phi) is 23.5.